The van der Waals surface area contributed by atoms with Crippen LogP contribution >= 0.6 is 0 Å². The van der Waals surface area contributed by atoms with E-state index in [0.29, 0.717) is 6.54 Å². The van der Waals surface area contributed by atoms with Gasteiger partial charge in [0.2, 0.25) is 10.0 Å². The lowest BCUT2D eigenvalue weighted by Gasteiger charge is -2.15. The van der Waals surface area contributed by atoms with Crippen molar-refractivity contribution < 1.29 is 26.7 Å². The highest BCUT2D eigenvalue weighted by atomic mass is 32.2. The maximum atomic E-state index is 12.3. The third-order valence-electron chi connectivity index (χ3n) is 2.92. The van der Waals surface area contributed by atoms with Crippen LogP contribution in [0.2, 0.25) is 0 Å². The Hall–Kier alpha value is -1.39. The van der Waals surface area contributed by atoms with Gasteiger partial charge in [0.15, 0.2) is 0 Å². The zero-order chi connectivity index (χ0) is 16.4. The first-order valence-electron chi connectivity index (χ1n) is 6.06. The Morgan fingerprint density at radius 2 is 1.90 bits per heavy atom. The molecule has 8 nitrogen and oxygen atoms in total. The standard InChI is InChI=1S/C11H18N2O6S2/c1-4-13-8-9(7-10(13)11(14)15)21(18,19)12(2)5-6-20(3,16)17/h7-8H,4-6H2,1-3H3,(H,14,15). The quantitative estimate of drug-likeness (QED) is 0.741. The summed E-state index contributed by atoms with van der Waals surface area (Å²) in [5.41, 5.74) is -0.132. The predicted molar refractivity (Wildman–Crippen MR) is 76.6 cm³/mol. The Kier molecular flexibility index (Phi) is 5.18. The highest BCUT2D eigenvalue weighted by molar-refractivity contribution is 7.91. The van der Waals surface area contributed by atoms with Gasteiger partial charge in [-0.25, -0.2) is 21.6 Å². The van der Waals surface area contributed by atoms with Crippen molar-refractivity contribution in [2.75, 3.05) is 25.6 Å². The summed E-state index contributed by atoms with van der Waals surface area (Å²) in [6.45, 7) is 1.81. The number of sulfonamides is 1. The van der Waals surface area contributed by atoms with Gasteiger partial charge in [0.25, 0.3) is 0 Å². The summed E-state index contributed by atoms with van der Waals surface area (Å²) in [4.78, 5) is 10.9. The Labute approximate surface area is 124 Å². The fraction of sp³-hybridized carbons (Fsp3) is 0.545. The van der Waals surface area contributed by atoms with Crippen LogP contribution in [-0.2, 0) is 26.4 Å². The number of aromatic carboxylic acids is 1. The van der Waals surface area contributed by atoms with Crippen LogP contribution in [0.3, 0.4) is 0 Å². The van der Waals surface area contributed by atoms with E-state index in [9.17, 15) is 21.6 Å². The van der Waals surface area contributed by atoms with Gasteiger partial charge < -0.3 is 9.67 Å². The van der Waals surface area contributed by atoms with E-state index in [4.69, 9.17) is 5.11 Å². The minimum absolute atomic E-state index is 0.132. The average molecular weight is 338 g/mol. The zero-order valence-corrected chi connectivity index (χ0v) is 13.6. The third kappa shape index (κ3) is 4.29. The van der Waals surface area contributed by atoms with Crippen molar-refractivity contribution in [3.63, 3.8) is 0 Å². The van der Waals surface area contributed by atoms with Gasteiger partial charge in [0, 0.05) is 32.6 Å². The van der Waals surface area contributed by atoms with Crippen molar-refractivity contribution >= 4 is 25.8 Å². The van der Waals surface area contributed by atoms with Gasteiger partial charge in [0.1, 0.15) is 20.4 Å². The zero-order valence-electron chi connectivity index (χ0n) is 12.0. The number of carboxylic acids is 1. The van der Waals surface area contributed by atoms with Crippen LogP contribution < -0.4 is 0 Å². The van der Waals surface area contributed by atoms with Gasteiger partial charge in [0.05, 0.1) is 5.75 Å². The number of rotatable bonds is 7. The maximum Gasteiger partial charge on any atom is 0.352 e. The van der Waals surface area contributed by atoms with Crippen molar-refractivity contribution in [3.8, 4) is 0 Å². The maximum absolute atomic E-state index is 12.3. The molecule has 0 fully saturated rings. The fourth-order valence-corrected chi connectivity index (χ4v) is 3.59. The molecule has 1 N–H and O–H groups in total. The number of sulfone groups is 1. The highest BCUT2D eigenvalue weighted by Gasteiger charge is 2.25. The van der Waals surface area contributed by atoms with Gasteiger partial charge in [-0.3, -0.25) is 0 Å². The summed E-state index contributed by atoms with van der Waals surface area (Å²) in [7, 11) is -5.96. The second-order valence-corrected chi connectivity index (χ2v) is 8.91. The van der Waals surface area contributed by atoms with E-state index < -0.39 is 25.8 Å². The van der Waals surface area contributed by atoms with Gasteiger partial charge in [-0.15, -0.1) is 0 Å². The topological polar surface area (TPSA) is 114 Å². The second-order valence-electron chi connectivity index (χ2n) is 4.61. The minimum Gasteiger partial charge on any atom is -0.477 e. The third-order valence-corrected chi connectivity index (χ3v) is 5.66. The summed E-state index contributed by atoms with van der Waals surface area (Å²) in [6.07, 6.45) is 2.25. The van der Waals surface area contributed by atoms with Crippen molar-refractivity contribution in [1.82, 2.24) is 8.87 Å². The van der Waals surface area contributed by atoms with E-state index >= 15 is 0 Å². The molecule has 0 unspecified atom stereocenters. The SMILES string of the molecule is CCn1cc(S(=O)(=O)N(C)CCS(C)(=O)=O)cc1C(=O)O. The molecule has 0 amide bonds. The summed E-state index contributed by atoms with van der Waals surface area (Å²) in [6, 6.07) is 1.07. The molecule has 0 radical (unpaired) electrons. The highest BCUT2D eigenvalue weighted by Crippen LogP contribution is 2.18. The van der Waals surface area contributed by atoms with Crippen LogP contribution in [0.25, 0.3) is 0 Å². The molecule has 0 aliphatic carbocycles. The van der Waals surface area contributed by atoms with E-state index in [0.717, 1.165) is 16.6 Å². The molecule has 1 aromatic heterocycles. The van der Waals surface area contributed by atoms with Gasteiger partial charge in [-0.2, -0.15) is 4.31 Å². The molecule has 0 spiro atoms. The van der Waals surface area contributed by atoms with Crippen LogP contribution in [-0.4, -0.2) is 62.4 Å². The number of hydrogen-bond donors (Lipinski definition) is 1. The number of aryl methyl sites for hydroxylation is 1. The van der Waals surface area contributed by atoms with Crippen molar-refractivity contribution in [2.24, 2.45) is 0 Å². The first kappa shape index (κ1) is 17.7. The summed E-state index contributed by atoms with van der Waals surface area (Å²) in [5.74, 6) is -1.53. The number of aromatic nitrogens is 1. The molecule has 0 saturated carbocycles. The van der Waals surface area contributed by atoms with E-state index in [2.05, 4.69) is 0 Å². The lowest BCUT2D eigenvalue weighted by atomic mass is 10.4. The van der Waals surface area contributed by atoms with Crippen LogP contribution in [0.1, 0.15) is 17.4 Å². The lowest BCUT2D eigenvalue weighted by molar-refractivity contribution is 0.0685. The van der Waals surface area contributed by atoms with Crippen LogP contribution in [0.4, 0.5) is 0 Å². The van der Waals surface area contributed by atoms with Crippen LogP contribution in [0.5, 0.6) is 0 Å². The molecule has 1 heterocycles. The largest absolute Gasteiger partial charge is 0.477 e. The monoisotopic (exact) mass is 338 g/mol. The Morgan fingerprint density at radius 1 is 1.33 bits per heavy atom. The minimum atomic E-state index is -3.92. The number of carbonyl (C=O) groups is 1. The molecule has 21 heavy (non-hydrogen) atoms. The average Bonchev–Trinajstić information content (AvgIpc) is 2.79. The van der Waals surface area contributed by atoms with Gasteiger partial charge in [-0.1, -0.05) is 0 Å². The molecule has 0 aliphatic heterocycles. The van der Waals surface area contributed by atoms with Crippen LogP contribution in [0, 0.1) is 0 Å². The molecule has 120 valence electrons. The Balaban J connectivity index is 3.10. The number of nitrogens with zero attached hydrogens (tertiary/aromatic N) is 2. The first-order valence-corrected chi connectivity index (χ1v) is 9.56. The number of hydrogen-bond acceptors (Lipinski definition) is 5. The summed E-state index contributed by atoms with van der Waals surface area (Å²) >= 11 is 0. The second kappa shape index (κ2) is 6.16. The smallest absolute Gasteiger partial charge is 0.352 e. The van der Waals surface area contributed by atoms with Crippen molar-refractivity contribution in [2.45, 2.75) is 18.4 Å². The molecular formula is C11H18N2O6S2. The molecule has 0 bridgehead atoms. The van der Waals surface area contributed by atoms with E-state index in [1.807, 2.05) is 0 Å². The Bertz CT molecular complexity index is 733. The predicted octanol–water partition coefficient (Wildman–Crippen LogP) is -0.129. The molecule has 0 saturated heterocycles. The molecular weight excluding hydrogens is 320 g/mol. The van der Waals surface area contributed by atoms with Gasteiger partial charge >= 0.3 is 5.97 Å². The van der Waals surface area contributed by atoms with E-state index in [-0.39, 0.29) is 22.9 Å². The molecule has 1 rings (SSSR count). The number of carboxylic acid groups (broad SMARTS) is 1. The van der Waals surface area contributed by atoms with E-state index in [1.54, 1.807) is 6.92 Å². The molecule has 0 aliphatic rings. The molecule has 10 heteroatoms. The van der Waals surface area contributed by atoms with Crippen LogP contribution in [0.15, 0.2) is 17.2 Å². The van der Waals surface area contributed by atoms with E-state index in [1.165, 1.54) is 17.8 Å². The normalized spacial score (nSPS) is 12.8. The summed E-state index contributed by atoms with van der Waals surface area (Å²) < 4.78 is 48.9. The molecule has 0 aromatic carbocycles. The van der Waals surface area contributed by atoms with Crippen molar-refractivity contribution in [1.29, 1.82) is 0 Å². The molecule has 1 aromatic rings. The lowest BCUT2D eigenvalue weighted by Crippen LogP contribution is -2.31. The van der Waals surface area contributed by atoms with Crippen molar-refractivity contribution in [3.05, 3.63) is 18.0 Å². The molecule has 0 atom stereocenters. The Morgan fingerprint density at radius 3 is 2.29 bits per heavy atom. The summed E-state index contributed by atoms with van der Waals surface area (Å²) in [5, 5.41) is 9.02. The fourth-order valence-electron chi connectivity index (χ4n) is 1.66. The first-order chi connectivity index (χ1) is 9.49. The van der Waals surface area contributed by atoms with Gasteiger partial charge in [-0.05, 0) is 13.0 Å².